The summed E-state index contributed by atoms with van der Waals surface area (Å²) in [5, 5.41) is 9.72. The fourth-order valence-corrected chi connectivity index (χ4v) is 4.79. The third-order valence-electron chi connectivity index (χ3n) is 2.85. The molecule has 1 saturated heterocycles. The molecule has 0 aromatic heterocycles. The van der Waals surface area contributed by atoms with E-state index < -0.39 is 0 Å². The summed E-state index contributed by atoms with van der Waals surface area (Å²) >= 11 is 3.69. The second kappa shape index (κ2) is 10.0. The Bertz CT molecular complexity index is 465. The second-order valence-electron chi connectivity index (χ2n) is 4.15. The maximum absolute atomic E-state index is 9.22. The summed E-state index contributed by atoms with van der Waals surface area (Å²) in [6.07, 6.45) is 1.87. The quantitative estimate of drug-likeness (QED) is 0.539. The van der Waals surface area contributed by atoms with Crippen molar-refractivity contribution in [1.29, 1.82) is 5.26 Å². The smallest absolute Gasteiger partial charge is 0.106 e. The van der Waals surface area contributed by atoms with E-state index in [2.05, 4.69) is 37.6 Å². The van der Waals surface area contributed by atoms with Gasteiger partial charge < -0.3 is 0 Å². The van der Waals surface area contributed by atoms with E-state index in [1.165, 1.54) is 9.80 Å². The third kappa shape index (κ3) is 4.96. The summed E-state index contributed by atoms with van der Waals surface area (Å²) < 4.78 is 1.23. The Labute approximate surface area is 132 Å². The third-order valence-corrected chi connectivity index (χ3v) is 5.90. The molecular weight excluding hydrogens is 281 g/mol. The van der Waals surface area contributed by atoms with Gasteiger partial charge in [-0.3, -0.25) is 0 Å². The molecule has 1 aromatic carbocycles. The van der Waals surface area contributed by atoms with Crippen LogP contribution in [0.1, 0.15) is 31.1 Å². The van der Waals surface area contributed by atoms with Crippen molar-refractivity contribution in [1.82, 2.24) is 0 Å². The molecule has 20 heavy (non-hydrogen) atoms. The zero-order chi connectivity index (χ0) is 14.8. The van der Waals surface area contributed by atoms with Gasteiger partial charge in [-0.1, -0.05) is 57.3 Å². The number of nitrogens with zero attached hydrogens (tertiary/aromatic N) is 1. The molecule has 1 aliphatic heterocycles. The van der Waals surface area contributed by atoms with Crippen molar-refractivity contribution in [3.63, 3.8) is 0 Å². The zero-order valence-corrected chi connectivity index (χ0v) is 14.1. The van der Waals surface area contributed by atoms with E-state index in [-0.39, 0.29) is 0 Å². The Kier molecular flexibility index (Phi) is 8.65. The highest BCUT2D eigenvalue weighted by atomic mass is 32.2. The molecule has 1 radical (unpaired) electrons. The molecule has 1 heterocycles. The molecule has 2 rings (SSSR count). The number of hydrogen-bond acceptors (Lipinski definition) is 3. The fourth-order valence-electron chi connectivity index (χ4n) is 1.83. The van der Waals surface area contributed by atoms with E-state index in [0.717, 1.165) is 24.1 Å². The summed E-state index contributed by atoms with van der Waals surface area (Å²) in [6, 6.07) is 12.9. The van der Waals surface area contributed by atoms with E-state index in [1.54, 1.807) is 0 Å². The zero-order valence-electron chi connectivity index (χ0n) is 12.4. The number of thioether (sulfide) groups is 2. The monoisotopic (exact) mass is 302 g/mol. The minimum atomic E-state index is 0.500. The Balaban J connectivity index is 0.000000956. The number of nitriles is 1. The average molecular weight is 302 g/mol. The molecule has 1 fully saturated rings. The molecule has 105 valence electrons. The van der Waals surface area contributed by atoms with Crippen LogP contribution in [0, 0.1) is 11.3 Å². The standard InChI is InChI=1S/C14H15BNS2.C2H6/c1-15-8-7-12(9-16)14-17-10-13(18-14)11-5-3-2-4-6-11;1-2/h2-6,13H,7-8,10H2,1H3;1-2H3/b14-12-;. The van der Waals surface area contributed by atoms with Crippen LogP contribution in [0.2, 0.25) is 13.1 Å². The van der Waals surface area contributed by atoms with E-state index in [4.69, 9.17) is 0 Å². The maximum atomic E-state index is 9.22. The normalized spacial score (nSPS) is 19.6. The molecule has 0 spiro atoms. The van der Waals surface area contributed by atoms with Crippen LogP contribution in [0.4, 0.5) is 0 Å². The number of rotatable bonds is 4. The van der Waals surface area contributed by atoms with Crippen LogP contribution in [-0.4, -0.2) is 13.0 Å². The first-order chi connectivity index (χ1) is 9.85. The average Bonchev–Trinajstić information content (AvgIpc) is 3.01. The number of benzene rings is 1. The van der Waals surface area contributed by atoms with Crippen molar-refractivity contribution in [2.24, 2.45) is 0 Å². The van der Waals surface area contributed by atoms with Gasteiger partial charge in [0.15, 0.2) is 0 Å². The van der Waals surface area contributed by atoms with Crippen molar-refractivity contribution in [2.75, 3.05) is 5.75 Å². The van der Waals surface area contributed by atoms with Crippen LogP contribution >= 0.6 is 23.5 Å². The van der Waals surface area contributed by atoms with E-state index >= 15 is 0 Å². The SMILES string of the molecule is CC.C[B]CC/C(C#N)=C1\SCC(c2ccccc2)S1. The molecule has 1 nitrogen and oxygen atoms in total. The lowest BCUT2D eigenvalue weighted by Crippen LogP contribution is -1.90. The first-order valence-corrected chi connectivity index (χ1v) is 8.97. The van der Waals surface area contributed by atoms with Crippen LogP contribution in [-0.2, 0) is 0 Å². The van der Waals surface area contributed by atoms with E-state index in [0.29, 0.717) is 5.25 Å². The first-order valence-electron chi connectivity index (χ1n) is 7.10. The summed E-state index contributed by atoms with van der Waals surface area (Å²) in [7, 11) is 2.12. The molecular formula is C16H21BNS2. The summed E-state index contributed by atoms with van der Waals surface area (Å²) in [5.74, 6) is 1.07. The van der Waals surface area contributed by atoms with Crippen molar-refractivity contribution in [3.05, 3.63) is 45.7 Å². The van der Waals surface area contributed by atoms with Crippen LogP contribution in [0.15, 0.2) is 40.1 Å². The molecule has 0 amide bonds. The Hall–Kier alpha value is -0.785. The van der Waals surface area contributed by atoms with Crippen molar-refractivity contribution >= 4 is 30.8 Å². The van der Waals surface area contributed by atoms with Crippen molar-refractivity contribution < 1.29 is 0 Å². The van der Waals surface area contributed by atoms with Gasteiger partial charge in [-0.05, 0) is 12.0 Å². The second-order valence-corrected chi connectivity index (χ2v) is 6.65. The summed E-state index contributed by atoms with van der Waals surface area (Å²) in [6.45, 7) is 6.04. The molecule has 1 aliphatic rings. The topological polar surface area (TPSA) is 23.8 Å². The van der Waals surface area contributed by atoms with Gasteiger partial charge in [0.2, 0.25) is 0 Å². The largest absolute Gasteiger partial charge is 0.193 e. The van der Waals surface area contributed by atoms with Gasteiger partial charge in [0.05, 0.1) is 10.3 Å². The highest BCUT2D eigenvalue weighted by Crippen LogP contribution is 2.51. The maximum Gasteiger partial charge on any atom is 0.106 e. The van der Waals surface area contributed by atoms with Crippen LogP contribution < -0.4 is 0 Å². The van der Waals surface area contributed by atoms with Crippen molar-refractivity contribution in [3.8, 4) is 6.07 Å². The predicted octanol–water partition coefficient (Wildman–Crippen LogP) is 5.53. The van der Waals surface area contributed by atoms with Gasteiger partial charge in [0.25, 0.3) is 0 Å². The highest BCUT2D eigenvalue weighted by molar-refractivity contribution is 8.25. The summed E-state index contributed by atoms with van der Waals surface area (Å²) in [5.41, 5.74) is 2.32. The lowest BCUT2D eigenvalue weighted by Gasteiger charge is -2.07. The molecule has 4 heteroatoms. The van der Waals surface area contributed by atoms with Gasteiger partial charge >= 0.3 is 0 Å². The van der Waals surface area contributed by atoms with Crippen LogP contribution in [0.5, 0.6) is 0 Å². The summed E-state index contributed by atoms with van der Waals surface area (Å²) in [4.78, 5) is 0. The fraction of sp³-hybridized carbons (Fsp3) is 0.438. The predicted molar refractivity (Wildman–Crippen MR) is 94.3 cm³/mol. The number of hydrogen-bond donors (Lipinski definition) is 0. The lowest BCUT2D eigenvalue weighted by atomic mass is 9.76. The molecule has 1 aromatic rings. The van der Waals surface area contributed by atoms with Gasteiger partial charge in [0.1, 0.15) is 7.28 Å². The Morgan fingerprint density at radius 3 is 2.65 bits per heavy atom. The van der Waals surface area contributed by atoms with Crippen LogP contribution in [0.25, 0.3) is 0 Å². The number of allylic oxidation sites excluding steroid dienone is 1. The van der Waals surface area contributed by atoms with Gasteiger partial charge in [0, 0.05) is 16.6 Å². The van der Waals surface area contributed by atoms with E-state index in [1.807, 2.05) is 50.3 Å². The lowest BCUT2D eigenvalue weighted by molar-refractivity contribution is 1.13. The van der Waals surface area contributed by atoms with Crippen molar-refractivity contribution in [2.45, 2.75) is 38.7 Å². The highest BCUT2D eigenvalue weighted by Gasteiger charge is 2.24. The minimum Gasteiger partial charge on any atom is -0.193 e. The Morgan fingerprint density at radius 2 is 2.05 bits per heavy atom. The molecule has 0 N–H and O–H groups in total. The molecule has 1 atom stereocenters. The van der Waals surface area contributed by atoms with Gasteiger partial charge in [-0.25, -0.2) is 0 Å². The Morgan fingerprint density at radius 1 is 1.35 bits per heavy atom. The molecule has 1 unspecified atom stereocenters. The minimum absolute atomic E-state index is 0.500. The molecule has 0 aliphatic carbocycles. The van der Waals surface area contributed by atoms with E-state index in [9.17, 15) is 5.26 Å². The molecule has 0 saturated carbocycles. The van der Waals surface area contributed by atoms with Gasteiger partial charge in [-0.15, -0.1) is 23.5 Å². The van der Waals surface area contributed by atoms with Crippen LogP contribution in [0.3, 0.4) is 0 Å². The van der Waals surface area contributed by atoms with Gasteiger partial charge in [-0.2, -0.15) is 5.26 Å². The molecule has 0 bridgehead atoms. The first kappa shape index (κ1) is 17.3.